The Morgan fingerprint density at radius 1 is 1.25 bits per heavy atom. The van der Waals surface area contributed by atoms with Crippen LogP contribution in [0, 0.1) is 5.92 Å². The second-order valence-corrected chi connectivity index (χ2v) is 8.42. The van der Waals surface area contributed by atoms with Gasteiger partial charge in [0.15, 0.2) is 5.69 Å². The molecular weight excluding hydrogens is 358 g/mol. The van der Waals surface area contributed by atoms with E-state index in [1.165, 1.54) is 62.4 Å². The fourth-order valence-corrected chi connectivity index (χ4v) is 4.77. The number of nitrogens with one attached hydrogen (secondary N) is 2. The van der Waals surface area contributed by atoms with E-state index < -0.39 is 6.10 Å². The number of rotatable bonds is 5. The van der Waals surface area contributed by atoms with Gasteiger partial charge in [0.1, 0.15) is 5.69 Å². The molecule has 2 fully saturated rings. The summed E-state index contributed by atoms with van der Waals surface area (Å²) in [4.78, 5) is 27.1. The molecule has 0 radical (unpaired) electrons. The zero-order valence-electron chi connectivity index (χ0n) is 16.4. The number of fused-ring (bicyclic) bond motifs is 1. The van der Waals surface area contributed by atoms with Crippen molar-refractivity contribution < 1.29 is 14.7 Å². The molecule has 2 amide bonds. The van der Waals surface area contributed by atoms with Crippen LogP contribution < -0.4 is 10.6 Å². The van der Waals surface area contributed by atoms with Crippen molar-refractivity contribution >= 4 is 11.8 Å². The lowest BCUT2D eigenvalue weighted by Gasteiger charge is -2.36. The number of aliphatic hydroxyl groups excluding tert-OH is 1. The van der Waals surface area contributed by atoms with Crippen LogP contribution in [-0.4, -0.2) is 69.9 Å². The maximum absolute atomic E-state index is 12.4. The van der Waals surface area contributed by atoms with E-state index in [1.54, 1.807) is 0 Å². The zero-order chi connectivity index (χ0) is 19.5. The molecule has 3 aliphatic rings. The Morgan fingerprint density at radius 2 is 2.00 bits per heavy atom. The Balaban J connectivity index is 1.23. The molecule has 0 aromatic carbocycles. The van der Waals surface area contributed by atoms with Crippen molar-refractivity contribution in [3.05, 3.63) is 17.5 Å². The van der Waals surface area contributed by atoms with Crippen LogP contribution in [0.2, 0.25) is 0 Å². The number of amides is 2. The van der Waals surface area contributed by atoms with E-state index >= 15 is 0 Å². The Bertz CT molecular complexity index is 705. The maximum Gasteiger partial charge on any atom is 0.271 e. The van der Waals surface area contributed by atoms with Gasteiger partial charge < -0.3 is 20.6 Å². The lowest BCUT2D eigenvalue weighted by molar-refractivity contribution is 0.0930. The number of carbonyl (C=O) groups excluding carboxylic acids is 2. The normalized spacial score (nSPS) is 24.6. The van der Waals surface area contributed by atoms with Gasteiger partial charge in [-0.1, -0.05) is 12.8 Å². The SMILES string of the molecule is O=C(NCCC1CCN(C2CCCC2)CC1)c1cc2n(n1)C[C@H](O)CNC2=O. The highest BCUT2D eigenvalue weighted by Crippen LogP contribution is 2.28. The number of carbonyl (C=O) groups is 2. The van der Waals surface area contributed by atoms with Crippen LogP contribution in [0.25, 0.3) is 0 Å². The summed E-state index contributed by atoms with van der Waals surface area (Å²) in [5.74, 6) is 0.0981. The van der Waals surface area contributed by atoms with Gasteiger partial charge in [-0.05, 0) is 51.1 Å². The number of piperidine rings is 1. The molecule has 1 aromatic heterocycles. The van der Waals surface area contributed by atoms with Crippen LogP contribution in [0.15, 0.2) is 6.07 Å². The summed E-state index contributed by atoms with van der Waals surface area (Å²) in [6, 6.07) is 2.32. The summed E-state index contributed by atoms with van der Waals surface area (Å²) < 4.78 is 1.42. The smallest absolute Gasteiger partial charge is 0.271 e. The fraction of sp³-hybridized carbons (Fsp3) is 0.750. The van der Waals surface area contributed by atoms with Crippen molar-refractivity contribution in [2.75, 3.05) is 26.2 Å². The molecular formula is C20H31N5O3. The topological polar surface area (TPSA) is 99.5 Å². The van der Waals surface area contributed by atoms with Crippen molar-refractivity contribution in [2.45, 2.75) is 63.6 Å². The molecule has 1 saturated carbocycles. The third kappa shape index (κ3) is 4.38. The second-order valence-electron chi connectivity index (χ2n) is 8.42. The summed E-state index contributed by atoms with van der Waals surface area (Å²) >= 11 is 0. The Morgan fingerprint density at radius 3 is 2.75 bits per heavy atom. The van der Waals surface area contributed by atoms with E-state index in [0.29, 0.717) is 18.2 Å². The van der Waals surface area contributed by atoms with E-state index in [2.05, 4.69) is 20.6 Å². The van der Waals surface area contributed by atoms with Crippen LogP contribution in [0.3, 0.4) is 0 Å². The predicted octanol–water partition coefficient (Wildman–Crippen LogP) is 0.762. The van der Waals surface area contributed by atoms with Gasteiger partial charge in [0.05, 0.1) is 12.6 Å². The highest BCUT2D eigenvalue weighted by Gasteiger charge is 2.27. The van der Waals surface area contributed by atoms with E-state index in [-0.39, 0.29) is 30.6 Å². The number of nitrogens with zero attached hydrogens (tertiary/aromatic N) is 3. The average Bonchev–Trinajstić information content (AvgIpc) is 3.35. The number of hydrogen-bond acceptors (Lipinski definition) is 5. The molecule has 0 unspecified atom stereocenters. The highest BCUT2D eigenvalue weighted by atomic mass is 16.3. The van der Waals surface area contributed by atoms with Crippen LogP contribution in [0.1, 0.15) is 65.9 Å². The highest BCUT2D eigenvalue weighted by molar-refractivity contribution is 5.98. The quantitative estimate of drug-likeness (QED) is 0.691. The molecule has 3 N–H and O–H groups in total. The zero-order valence-corrected chi connectivity index (χ0v) is 16.4. The van der Waals surface area contributed by atoms with Gasteiger partial charge in [-0.15, -0.1) is 0 Å². The molecule has 0 spiro atoms. The average molecular weight is 390 g/mol. The van der Waals surface area contributed by atoms with E-state index in [4.69, 9.17) is 0 Å². The molecule has 2 aliphatic heterocycles. The molecule has 3 heterocycles. The van der Waals surface area contributed by atoms with E-state index in [1.807, 2.05) is 0 Å². The summed E-state index contributed by atoms with van der Waals surface area (Å²) in [7, 11) is 0. The van der Waals surface area contributed by atoms with Crippen LogP contribution >= 0.6 is 0 Å². The summed E-state index contributed by atoms with van der Waals surface area (Å²) in [6.07, 6.45) is 8.21. The first-order valence-electron chi connectivity index (χ1n) is 10.7. The molecule has 4 rings (SSSR count). The number of aliphatic hydroxyl groups is 1. The number of β-amino-alcohol motifs (C(OH)–C–C–N with tert-alkyl or cyclic N) is 1. The molecule has 1 aromatic rings. The first-order chi connectivity index (χ1) is 13.6. The first kappa shape index (κ1) is 19.4. The predicted molar refractivity (Wildman–Crippen MR) is 104 cm³/mol. The number of aromatic nitrogens is 2. The number of likely N-dealkylation sites (tertiary alicyclic amines) is 1. The molecule has 8 heteroatoms. The first-order valence-corrected chi connectivity index (χ1v) is 10.7. The Labute approximate surface area is 165 Å². The molecule has 8 nitrogen and oxygen atoms in total. The standard InChI is InChI=1S/C20H31N5O3/c26-16-12-22-20(28)18-11-17(23-25(18)13-16)19(27)21-8-5-14-6-9-24(10-7-14)15-3-1-2-4-15/h11,14-16,26H,1-10,12-13H2,(H,21,27)(H,22,28)/t16-/m1/s1. The van der Waals surface area contributed by atoms with Gasteiger partial charge in [0.25, 0.3) is 11.8 Å². The van der Waals surface area contributed by atoms with E-state index in [9.17, 15) is 14.7 Å². The number of hydrogen-bond donors (Lipinski definition) is 3. The minimum Gasteiger partial charge on any atom is -0.389 e. The second kappa shape index (κ2) is 8.61. The summed E-state index contributed by atoms with van der Waals surface area (Å²) in [6.45, 7) is 3.41. The Kier molecular flexibility index (Phi) is 5.96. The van der Waals surface area contributed by atoms with Gasteiger partial charge in [-0.25, -0.2) is 0 Å². The van der Waals surface area contributed by atoms with Crippen LogP contribution in [0.5, 0.6) is 0 Å². The fourth-order valence-electron chi connectivity index (χ4n) is 4.77. The van der Waals surface area contributed by atoms with Gasteiger partial charge in [-0.2, -0.15) is 5.10 Å². The minimum atomic E-state index is -0.698. The molecule has 154 valence electrons. The maximum atomic E-state index is 12.4. The largest absolute Gasteiger partial charge is 0.389 e. The van der Waals surface area contributed by atoms with Crippen LogP contribution in [0.4, 0.5) is 0 Å². The van der Waals surface area contributed by atoms with Crippen molar-refractivity contribution in [2.24, 2.45) is 5.92 Å². The van der Waals surface area contributed by atoms with Gasteiger partial charge >= 0.3 is 0 Å². The lowest BCUT2D eigenvalue weighted by Crippen LogP contribution is -2.40. The van der Waals surface area contributed by atoms with Crippen molar-refractivity contribution in [3.8, 4) is 0 Å². The molecule has 28 heavy (non-hydrogen) atoms. The van der Waals surface area contributed by atoms with Crippen LogP contribution in [-0.2, 0) is 6.54 Å². The third-order valence-corrected chi connectivity index (χ3v) is 6.46. The third-order valence-electron chi connectivity index (χ3n) is 6.46. The van der Waals surface area contributed by atoms with Crippen molar-refractivity contribution in [1.82, 2.24) is 25.3 Å². The molecule has 1 atom stereocenters. The van der Waals surface area contributed by atoms with Gasteiger partial charge in [0.2, 0.25) is 0 Å². The minimum absolute atomic E-state index is 0.198. The Hall–Kier alpha value is -1.93. The monoisotopic (exact) mass is 389 g/mol. The molecule has 0 bridgehead atoms. The molecule has 1 aliphatic carbocycles. The lowest BCUT2D eigenvalue weighted by atomic mass is 9.92. The summed E-state index contributed by atoms with van der Waals surface area (Å²) in [5.41, 5.74) is 0.552. The van der Waals surface area contributed by atoms with Crippen molar-refractivity contribution in [3.63, 3.8) is 0 Å². The molecule has 1 saturated heterocycles. The van der Waals surface area contributed by atoms with Crippen molar-refractivity contribution in [1.29, 1.82) is 0 Å². The van der Waals surface area contributed by atoms with Gasteiger partial charge in [0, 0.05) is 25.2 Å². The summed E-state index contributed by atoms with van der Waals surface area (Å²) in [5, 5.41) is 19.6. The van der Waals surface area contributed by atoms with E-state index in [0.717, 1.165) is 12.5 Å². The van der Waals surface area contributed by atoms with Gasteiger partial charge in [-0.3, -0.25) is 14.3 Å².